The lowest BCUT2D eigenvalue weighted by molar-refractivity contribution is -0.129. The Balaban J connectivity index is 3.14. The van der Waals surface area contributed by atoms with Crippen LogP contribution in [0.25, 0.3) is 0 Å². The molecule has 0 bridgehead atoms. The molecular formula is C12H18N2O4S. The van der Waals surface area contributed by atoms with E-state index >= 15 is 0 Å². The van der Waals surface area contributed by atoms with Gasteiger partial charge in [-0.25, -0.2) is 13.6 Å². The Hall–Kier alpha value is -1.60. The van der Waals surface area contributed by atoms with Crippen LogP contribution in [0.15, 0.2) is 23.1 Å². The highest BCUT2D eigenvalue weighted by Gasteiger charge is 2.15. The first-order chi connectivity index (χ1) is 8.79. The Morgan fingerprint density at radius 3 is 2.53 bits per heavy atom. The van der Waals surface area contributed by atoms with Crippen LogP contribution in [0.3, 0.4) is 0 Å². The van der Waals surface area contributed by atoms with Crippen LogP contribution in [0.4, 0.5) is 0 Å². The van der Waals surface area contributed by atoms with Gasteiger partial charge < -0.3 is 9.64 Å². The third-order valence-electron chi connectivity index (χ3n) is 2.82. The smallest absolute Gasteiger partial charge is 0.238 e. The van der Waals surface area contributed by atoms with Gasteiger partial charge in [0.05, 0.1) is 18.4 Å². The first kappa shape index (κ1) is 15.5. The van der Waals surface area contributed by atoms with Crippen LogP contribution in [-0.4, -0.2) is 39.9 Å². The second-order valence-corrected chi connectivity index (χ2v) is 5.66. The quantitative estimate of drug-likeness (QED) is 0.846. The molecule has 7 heteroatoms. The Morgan fingerprint density at radius 2 is 2.05 bits per heavy atom. The largest absolute Gasteiger partial charge is 0.496 e. The van der Waals surface area contributed by atoms with E-state index in [4.69, 9.17) is 9.88 Å². The molecule has 0 aromatic heterocycles. The maximum Gasteiger partial charge on any atom is 0.238 e. The van der Waals surface area contributed by atoms with Crippen LogP contribution in [0.5, 0.6) is 5.75 Å². The van der Waals surface area contributed by atoms with Crippen molar-refractivity contribution in [3.63, 3.8) is 0 Å². The number of rotatable bonds is 5. The summed E-state index contributed by atoms with van der Waals surface area (Å²) in [5.41, 5.74) is 0.499. The molecule has 0 spiro atoms. The average Bonchev–Trinajstić information content (AvgIpc) is 2.36. The van der Waals surface area contributed by atoms with Gasteiger partial charge in [0.1, 0.15) is 5.75 Å². The number of hydrogen-bond acceptors (Lipinski definition) is 4. The maximum atomic E-state index is 11.9. The minimum Gasteiger partial charge on any atom is -0.496 e. The first-order valence-electron chi connectivity index (χ1n) is 5.73. The lowest BCUT2D eigenvalue weighted by atomic mass is 10.1. The fourth-order valence-electron chi connectivity index (χ4n) is 1.54. The Labute approximate surface area is 113 Å². The molecule has 1 aromatic carbocycles. The summed E-state index contributed by atoms with van der Waals surface area (Å²) >= 11 is 0. The summed E-state index contributed by atoms with van der Waals surface area (Å²) in [5.74, 6) is 0.345. The van der Waals surface area contributed by atoms with Gasteiger partial charge in [-0.1, -0.05) is 0 Å². The molecule has 0 aliphatic heterocycles. The second-order valence-electron chi connectivity index (χ2n) is 4.10. The molecular weight excluding hydrogens is 268 g/mol. The number of carbonyl (C=O) groups excluding carboxylic acids is 1. The van der Waals surface area contributed by atoms with Crippen LogP contribution in [0, 0.1) is 0 Å². The zero-order valence-electron chi connectivity index (χ0n) is 11.2. The number of ether oxygens (including phenoxy) is 1. The van der Waals surface area contributed by atoms with E-state index in [0.717, 1.165) is 0 Å². The molecule has 19 heavy (non-hydrogen) atoms. The maximum absolute atomic E-state index is 11.9. The van der Waals surface area contributed by atoms with Gasteiger partial charge in [0.2, 0.25) is 15.9 Å². The number of primary sulfonamides is 1. The molecule has 1 rings (SSSR count). The predicted molar refractivity (Wildman–Crippen MR) is 71.4 cm³/mol. The van der Waals surface area contributed by atoms with Gasteiger partial charge in [0.15, 0.2) is 0 Å². The van der Waals surface area contributed by atoms with Gasteiger partial charge >= 0.3 is 0 Å². The second kappa shape index (κ2) is 6.03. The van der Waals surface area contributed by atoms with Gasteiger partial charge in [-0.3, -0.25) is 4.79 Å². The molecule has 0 unspecified atom stereocenters. The van der Waals surface area contributed by atoms with Gasteiger partial charge in [-0.2, -0.15) is 0 Å². The minimum absolute atomic E-state index is 0.0322. The topological polar surface area (TPSA) is 89.7 Å². The summed E-state index contributed by atoms with van der Waals surface area (Å²) in [6, 6.07) is 4.22. The molecule has 0 saturated carbocycles. The van der Waals surface area contributed by atoms with Crippen molar-refractivity contribution >= 4 is 15.9 Å². The van der Waals surface area contributed by atoms with Crippen LogP contribution in [0.2, 0.25) is 0 Å². The number of sulfonamides is 1. The lowest BCUT2D eigenvalue weighted by Gasteiger charge is -2.16. The van der Waals surface area contributed by atoms with Crippen molar-refractivity contribution in [1.29, 1.82) is 0 Å². The molecule has 0 fully saturated rings. The number of methoxy groups -OCH3 is 1. The minimum atomic E-state index is -3.79. The molecule has 106 valence electrons. The molecule has 1 amide bonds. The van der Waals surface area contributed by atoms with Crippen molar-refractivity contribution in [3.05, 3.63) is 23.8 Å². The number of likely N-dealkylation sites (N-methyl/N-ethyl adjacent to an activating group) is 1. The zero-order valence-corrected chi connectivity index (χ0v) is 12.0. The van der Waals surface area contributed by atoms with Gasteiger partial charge in [0, 0.05) is 19.2 Å². The summed E-state index contributed by atoms with van der Waals surface area (Å²) in [4.78, 5) is 13.4. The molecule has 0 radical (unpaired) electrons. The third kappa shape index (κ3) is 3.93. The molecule has 0 heterocycles. The van der Waals surface area contributed by atoms with Gasteiger partial charge in [0.25, 0.3) is 0 Å². The molecule has 0 saturated heterocycles. The SMILES string of the molecule is CCN(C)C(=O)Cc1cc(S(N)(=O)=O)ccc1OC. The van der Waals surface area contributed by atoms with E-state index < -0.39 is 10.0 Å². The van der Waals surface area contributed by atoms with Crippen LogP contribution < -0.4 is 9.88 Å². The average molecular weight is 286 g/mol. The first-order valence-corrected chi connectivity index (χ1v) is 7.28. The summed E-state index contributed by atoms with van der Waals surface area (Å²) in [6.45, 7) is 2.44. The number of carbonyl (C=O) groups is 1. The number of amides is 1. The molecule has 0 aliphatic carbocycles. The highest BCUT2D eigenvalue weighted by atomic mass is 32.2. The van der Waals surface area contributed by atoms with E-state index in [1.807, 2.05) is 6.92 Å². The highest BCUT2D eigenvalue weighted by molar-refractivity contribution is 7.89. The molecule has 6 nitrogen and oxygen atoms in total. The molecule has 1 aromatic rings. The Morgan fingerprint density at radius 1 is 1.42 bits per heavy atom. The van der Waals surface area contributed by atoms with E-state index in [1.165, 1.54) is 25.3 Å². The lowest BCUT2D eigenvalue weighted by Crippen LogP contribution is -2.28. The molecule has 2 N–H and O–H groups in total. The summed E-state index contributed by atoms with van der Waals surface area (Å²) < 4.78 is 27.7. The number of nitrogens with two attached hydrogens (primary N) is 1. The van der Waals surface area contributed by atoms with Gasteiger partial charge in [-0.05, 0) is 25.1 Å². The molecule has 0 aliphatic rings. The van der Waals surface area contributed by atoms with E-state index in [-0.39, 0.29) is 17.2 Å². The van der Waals surface area contributed by atoms with Crippen molar-refractivity contribution in [2.45, 2.75) is 18.2 Å². The summed E-state index contributed by atoms with van der Waals surface area (Å²) in [5, 5.41) is 5.07. The van der Waals surface area contributed by atoms with E-state index in [9.17, 15) is 13.2 Å². The van der Waals surface area contributed by atoms with E-state index in [1.54, 1.807) is 11.9 Å². The number of benzene rings is 1. The zero-order chi connectivity index (χ0) is 14.6. The Kier molecular flexibility index (Phi) is 4.90. The fraction of sp³-hybridized carbons (Fsp3) is 0.417. The molecule has 0 atom stereocenters. The van der Waals surface area contributed by atoms with Crippen molar-refractivity contribution < 1.29 is 17.9 Å². The van der Waals surface area contributed by atoms with Crippen LogP contribution in [0.1, 0.15) is 12.5 Å². The highest BCUT2D eigenvalue weighted by Crippen LogP contribution is 2.22. The predicted octanol–water partition coefficient (Wildman–Crippen LogP) is 0.363. The number of nitrogens with zero attached hydrogens (tertiary/aromatic N) is 1. The third-order valence-corrected chi connectivity index (χ3v) is 3.73. The Bertz CT molecular complexity index is 569. The normalized spacial score (nSPS) is 11.2. The number of hydrogen-bond donors (Lipinski definition) is 1. The van der Waals surface area contributed by atoms with E-state index in [0.29, 0.717) is 17.9 Å². The fourth-order valence-corrected chi connectivity index (χ4v) is 2.11. The van der Waals surface area contributed by atoms with Crippen molar-refractivity contribution in [2.24, 2.45) is 5.14 Å². The summed E-state index contributed by atoms with van der Waals surface area (Å²) in [7, 11) is -0.652. The monoisotopic (exact) mass is 286 g/mol. The van der Waals surface area contributed by atoms with Crippen LogP contribution >= 0.6 is 0 Å². The van der Waals surface area contributed by atoms with E-state index in [2.05, 4.69) is 0 Å². The van der Waals surface area contributed by atoms with Crippen molar-refractivity contribution in [3.8, 4) is 5.75 Å². The van der Waals surface area contributed by atoms with Crippen LogP contribution in [-0.2, 0) is 21.2 Å². The van der Waals surface area contributed by atoms with Crippen molar-refractivity contribution in [1.82, 2.24) is 4.90 Å². The standard InChI is InChI=1S/C12H18N2O4S/c1-4-14(2)12(15)8-9-7-10(19(13,16)17)5-6-11(9)18-3/h5-7H,4,8H2,1-3H3,(H2,13,16,17). The van der Waals surface area contributed by atoms with Crippen molar-refractivity contribution in [2.75, 3.05) is 20.7 Å². The summed E-state index contributed by atoms with van der Waals surface area (Å²) in [6.07, 6.45) is 0.0663. The van der Waals surface area contributed by atoms with Gasteiger partial charge in [-0.15, -0.1) is 0 Å².